The normalized spacial score (nSPS) is 15.2. The molecule has 0 spiro atoms. The highest BCUT2D eigenvalue weighted by atomic mass is 16.5. The lowest BCUT2D eigenvalue weighted by Crippen LogP contribution is -2.29. The highest BCUT2D eigenvalue weighted by molar-refractivity contribution is 5.85. The molecular weight excluding hydrogens is 320 g/mol. The highest BCUT2D eigenvalue weighted by Gasteiger charge is 2.12. The topological polar surface area (TPSA) is 28.3 Å². The van der Waals surface area contributed by atoms with Crippen LogP contribution in [-0.4, -0.2) is 36.1 Å². The van der Waals surface area contributed by atoms with E-state index >= 15 is 0 Å². The minimum absolute atomic E-state index is 0.781. The third kappa shape index (κ3) is 4.00. The van der Waals surface area contributed by atoms with Crippen molar-refractivity contribution in [2.24, 2.45) is 0 Å². The lowest BCUT2D eigenvalue weighted by atomic mass is 9.99. The van der Waals surface area contributed by atoms with E-state index in [2.05, 4.69) is 64.5 Å². The van der Waals surface area contributed by atoms with E-state index in [1.807, 2.05) is 12.3 Å². The lowest BCUT2D eigenvalue weighted by molar-refractivity contribution is 0.266. The Bertz CT molecular complexity index is 866. The summed E-state index contributed by atoms with van der Waals surface area (Å²) in [5.41, 5.74) is 4.00. The molecule has 3 nitrogen and oxygen atoms in total. The van der Waals surface area contributed by atoms with Crippen LogP contribution in [0.2, 0.25) is 0 Å². The fraction of sp³-hybridized carbons (Fsp3) is 0.304. The number of hydrogen-bond donors (Lipinski definition) is 1. The van der Waals surface area contributed by atoms with Crippen molar-refractivity contribution >= 4 is 16.5 Å². The summed E-state index contributed by atoms with van der Waals surface area (Å²) in [6.07, 6.45) is 7.77. The van der Waals surface area contributed by atoms with Gasteiger partial charge in [0, 0.05) is 30.2 Å². The Hall–Kier alpha value is -2.52. The minimum atomic E-state index is 0.781. The average molecular weight is 346 g/mol. The van der Waals surface area contributed by atoms with Gasteiger partial charge in [0.25, 0.3) is 0 Å². The van der Waals surface area contributed by atoms with Crippen LogP contribution in [-0.2, 0) is 0 Å². The quantitative estimate of drug-likeness (QED) is 0.602. The van der Waals surface area contributed by atoms with Crippen LogP contribution in [0.25, 0.3) is 16.5 Å². The van der Waals surface area contributed by atoms with Crippen molar-refractivity contribution in [3.63, 3.8) is 0 Å². The molecule has 134 valence electrons. The number of aromatic nitrogens is 1. The van der Waals surface area contributed by atoms with Crippen molar-refractivity contribution in [2.75, 3.05) is 26.2 Å². The zero-order valence-electron chi connectivity index (χ0n) is 15.2. The van der Waals surface area contributed by atoms with Gasteiger partial charge in [-0.3, -0.25) is 4.90 Å². The number of aromatic amines is 1. The first kappa shape index (κ1) is 16.9. The largest absolute Gasteiger partial charge is 0.493 e. The minimum Gasteiger partial charge on any atom is -0.493 e. The Labute approximate surface area is 155 Å². The summed E-state index contributed by atoms with van der Waals surface area (Å²) in [4.78, 5) is 5.77. The third-order valence-corrected chi connectivity index (χ3v) is 5.12. The second-order valence-corrected chi connectivity index (χ2v) is 6.90. The molecule has 0 fully saturated rings. The van der Waals surface area contributed by atoms with E-state index in [-0.39, 0.29) is 0 Å². The van der Waals surface area contributed by atoms with Gasteiger partial charge in [0.05, 0.1) is 6.61 Å². The van der Waals surface area contributed by atoms with Crippen LogP contribution in [0.3, 0.4) is 0 Å². The van der Waals surface area contributed by atoms with Crippen molar-refractivity contribution in [2.45, 2.75) is 19.3 Å². The molecule has 4 rings (SSSR count). The Morgan fingerprint density at radius 3 is 2.73 bits per heavy atom. The smallest absolute Gasteiger partial charge is 0.128 e. The summed E-state index contributed by atoms with van der Waals surface area (Å²) >= 11 is 0. The molecule has 0 saturated heterocycles. The summed E-state index contributed by atoms with van der Waals surface area (Å²) in [5, 5.41) is 1.17. The molecule has 0 saturated carbocycles. The number of fused-ring (bicyclic) bond motifs is 1. The van der Waals surface area contributed by atoms with Crippen molar-refractivity contribution in [3.8, 4) is 5.75 Å². The van der Waals surface area contributed by atoms with Crippen LogP contribution in [0.4, 0.5) is 0 Å². The SMILES string of the molecule is C1=C(c2ccccc2)CCN(CCCCOc2cccc3[nH]ccc23)C1. The first-order chi connectivity index (χ1) is 12.9. The first-order valence-corrected chi connectivity index (χ1v) is 9.56. The van der Waals surface area contributed by atoms with Gasteiger partial charge >= 0.3 is 0 Å². The van der Waals surface area contributed by atoms with Gasteiger partial charge in [0.2, 0.25) is 0 Å². The molecule has 0 radical (unpaired) electrons. The van der Waals surface area contributed by atoms with Crippen LogP contribution in [0.1, 0.15) is 24.8 Å². The number of ether oxygens (including phenoxy) is 1. The molecule has 3 aromatic rings. The summed E-state index contributed by atoms with van der Waals surface area (Å²) in [6.45, 7) is 4.15. The van der Waals surface area contributed by atoms with Crippen molar-refractivity contribution in [1.29, 1.82) is 0 Å². The molecule has 0 amide bonds. The van der Waals surface area contributed by atoms with Gasteiger partial charge in [-0.05, 0) is 55.1 Å². The van der Waals surface area contributed by atoms with Crippen LogP contribution in [0, 0.1) is 0 Å². The Balaban J connectivity index is 1.19. The van der Waals surface area contributed by atoms with Gasteiger partial charge in [0.1, 0.15) is 5.75 Å². The number of H-pyrrole nitrogens is 1. The lowest BCUT2D eigenvalue weighted by Gasteiger charge is -2.26. The number of benzene rings is 2. The summed E-state index contributed by atoms with van der Waals surface area (Å²) in [6, 6.07) is 19.0. The van der Waals surface area contributed by atoms with Crippen LogP contribution in [0.5, 0.6) is 5.75 Å². The molecule has 1 aromatic heterocycles. The van der Waals surface area contributed by atoms with Gasteiger partial charge in [-0.1, -0.05) is 42.5 Å². The number of nitrogens with zero attached hydrogens (tertiary/aromatic N) is 1. The second kappa shape index (κ2) is 8.24. The number of nitrogens with one attached hydrogen (secondary N) is 1. The van der Waals surface area contributed by atoms with Crippen molar-refractivity contribution < 1.29 is 4.74 Å². The molecule has 1 aliphatic heterocycles. The Kier molecular flexibility index (Phi) is 5.36. The second-order valence-electron chi connectivity index (χ2n) is 6.90. The van der Waals surface area contributed by atoms with Gasteiger partial charge in [0.15, 0.2) is 0 Å². The molecule has 2 heterocycles. The monoisotopic (exact) mass is 346 g/mol. The van der Waals surface area contributed by atoms with E-state index in [1.54, 1.807) is 0 Å². The fourth-order valence-corrected chi connectivity index (χ4v) is 3.63. The van der Waals surface area contributed by atoms with Crippen LogP contribution < -0.4 is 4.74 Å². The number of unbranched alkanes of at least 4 members (excludes halogenated alkanes) is 1. The Morgan fingerprint density at radius 1 is 0.962 bits per heavy atom. The molecule has 0 aliphatic carbocycles. The van der Waals surface area contributed by atoms with E-state index in [1.165, 1.54) is 22.9 Å². The van der Waals surface area contributed by atoms with Gasteiger partial charge in [-0.15, -0.1) is 0 Å². The first-order valence-electron chi connectivity index (χ1n) is 9.56. The highest BCUT2D eigenvalue weighted by Crippen LogP contribution is 2.25. The molecule has 3 heteroatoms. The molecule has 1 N–H and O–H groups in total. The molecule has 26 heavy (non-hydrogen) atoms. The zero-order chi connectivity index (χ0) is 17.6. The predicted octanol–water partition coefficient (Wildman–Crippen LogP) is 5.12. The summed E-state index contributed by atoms with van der Waals surface area (Å²) < 4.78 is 5.99. The van der Waals surface area contributed by atoms with Crippen molar-refractivity contribution in [1.82, 2.24) is 9.88 Å². The fourth-order valence-electron chi connectivity index (χ4n) is 3.63. The molecule has 1 aliphatic rings. The maximum atomic E-state index is 5.99. The van der Waals surface area contributed by atoms with Gasteiger partial charge in [-0.2, -0.15) is 0 Å². The van der Waals surface area contributed by atoms with E-state index in [0.29, 0.717) is 0 Å². The van der Waals surface area contributed by atoms with Crippen molar-refractivity contribution in [3.05, 3.63) is 72.4 Å². The van der Waals surface area contributed by atoms with Crippen LogP contribution >= 0.6 is 0 Å². The summed E-state index contributed by atoms with van der Waals surface area (Å²) in [7, 11) is 0. The van der Waals surface area contributed by atoms with E-state index in [0.717, 1.165) is 50.3 Å². The predicted molar refractivity (Wildman–Crippen MR) is 109 cm³/mol. The molecular formula is C23H26N2O. The summed E-state index contributed by atoms with van der Waals surface area (Å²) in [5.74, 6) is 0.983. The molecule has 0 bridgehead atoms. The van der Waals surface area contributed by atoms with E-state index in [9.17, 15) is 0 Å². The zero-order valence-corrected chi connectivity index (χ0v) is 15.2. The van der Waals surface area contributed by atoms with Gasteiger partial charge in [-0.25, -0.2) is 0 Å². The molecule has 0 atom stereocenters. The maximum Gasteiger partial charge on any atom is 0.128 e. The van der Waals surface area contributed by atoms with E-state index in [4.69, 9.17) is 4.74 Å². The average Bonchev–Trinajstić information content (AvgIpc) is 3.19. The van der Waals surface area contributed by atoms with Gasteiger partial charge < -0.3 is 9.72 Å². The van der Waals surface area contributed by atoms with Crippen LogP contribution in [0.15, 0.2) is 66.9 Å². The van der Waals surface area contributed by atoms with E-state index < -0.39 is 0 Å². The number of rotatable bonds is 7. The Morgan fingerprint density at radius 2 is 1.88 bits per heavy atom. The standard InChI is InChI=1S/C23H26N2O/c1-2-7-19(8-3-1)20-12-16-25(17-13-20)15-4-5-18-26-23-10-6-9-22-21(23)11-14-24-22/h1-3,6-12,14,24H,4-5,13,15-18H2. The molecule has 0 unspecified atom stereocenters. The third-order valence-electron chi connectivity index (χ3n) is 5.12. The molecule has 2 aromatic carbocycles. The number of hydrogen-bond acceptors (Lipinski definition) is 2. The maximum absolute atomic E-state index is 5.99.